The molecule has 0 aliphatic carbocycles. The summed E-state index contributed by atoms with van der Waals surface area (Å²) in [5.41, 5.74) is 1.53. The normalized spacial score (nSPS) is 11.1. The summed E-state index contributed by atoms with van der Waals surface area (Å²) in [6.45, 7) is 4.40. The van der Waals surface area contributed by atoms with Crippen LogP contribution in [0.15, 0.2) is 52.3 Å². The Morgan fingerprint density at radius 2 is 1.88 bits per heavy atom. The zero-order valence-corrected chi connectivity index (χ0v) is 13.6. The highest BCUT2D eigenvalue weighted by molar-refractivity contribution is 5.16. The van der Waals surface area contributed by atoms with E-state index in [1.54, 1.807) is 10.9 Å². The third-order valence-corrected chi connectivity index (χ3v) is 3.74. The summed E-state index contributed by atoms with van der Waals surface area (Å²) in [6, 6.07) is 9.92. The van der Waals surface area contributed by atoms with Crippen molar-refractivity contribution in [3.8, 4) is 0 Å². The molecule has 0 bridgehead atoms. The number of rotatable bonds is 5. The summed E-state index contributed by atoms with van der Waals surface area (Å²) < 4.78 is 3.24. The molecule has 124 valence electrons. The fourth-order valence-corrected chi connectivity index (χ4v) is 2.50. The van der Waals surface area contributed by atoms with Crippen LogP contribution >= 0.6 is 0 Å². The highest BCUT2D eigenvalue weighted by atomic mass is 16.2. The number of hydrogen-bond donors (Lipinski definition) is 1. The average molecular weight is 325 g/mol. The maximum Gasteiger partial charge on any atom is 0.328 e. The van der Waals surface area contributed by atoms with Gasteiger partial charge in [0.05, 0.1) is 12.2 Å². The minimum atomic E-state index is -0.397. The molecule has 7 heteroatoms. The summed E-state index contributed by atoms with van der Waals surface area (Å²) >= 11 is 0. The van der Waals surface area contributed by atoms with Gasteiger partial charge in [0.15, 0.2) is 0 Å². The Morgan fingerprint density at radius 3 is 2.58 bits per heavy atom. The molecule has 0 radical (unpaired) electrons. The molecule has 3 aromatic rings. The molecule has 24 heavy (non-hydrogen) atoms. The largest absolute Gasteiger partial charge is 0.328 e. The molecule has 1 N–H and O–H groups in total. The van der Waals surface area contributed by atoms with Gasteiger partial charge in [-0.15, -0.1) is 5.10 Å². The van der Waals surface area contributed by atoms with Crippen LogP contribution in [-0.2, 0) is 13.0 Å². The molecule has 0 saturated carbocycles. The van der Waals surface area contributed by atoms with E-state index >= 15 is 0 Å². The number of benzene rings is 1. The lowest BCUT2D eigenvalue weighted by Gasteiger charge is -2.09. The minimum Gasteiger partial charge on any atom is -0.298 e. The van der Waals surface area contributed by atoms with E-state index < -0.39 is 5.69 Å². The summed E-state index contributed by atoms with van der Waals surface area (Å²) in [6.07, 6.45) is 3.75. The van der Waals surface area contributed by atoms with Gasteiger partial charge in [-0.1, -0.05) is 35.5 Å². The van der Waals surface area contributed by atoms with E-state index in [1.807, 2.05) is 50.4 Å². The molecule has 0 saturated heterocycles. The first-order valence-electron chi connectivity index (χ1n) is 7.80. The van der Waals surface area contributed by atoms with E-state index in [2.05, 4.69) is 15.3 Å². The number of aromatic nitrogens is 5. The van der Waals surface area contributed by atoms with Gasteiger partial charge in [0, 0.05) is 30.4 Å². The van der Waals surface area contributed by atoms with Crippen molar-refractivity contribution in [3.05, 3.63) is 80.4 Å². The molecule has 1 aromatic carbocycles. The van der Waals surface area contributed by atoms with Gasteiger partial charge in [0.25, 0.3) is 5.56 Å². The zero-order chi connectivity index (χ0) is 17.1. The van der Waals surface area contributed by atoms with E-state index in [4.69, 9.17) is 0 Å². The molecule has 0 unspecified atom stereocenters. The quantitative estimate of drug-likeness (QED) is 0.767. The Morgan fingerprint density at radius 1 is 1.12 bits per heavy atom. The molecule has 2 aromatic heterocycles. The molecule has 0 aliphatic rings. The van der Waals surface area contributed by atoms with E-state index in [1.165, 1.54) is 4.57 Å². The summed E-state index contributed by atoms with van der Waals surface area (Å²) in [4.78, 5) is 26.1. The highest BCUT2D eigenvalue weighted by Crippen LogP contribution is 2.06. The Balaban J connectivity index is 1.81. The number of nitrogens with zero attached hydrogens (tertiary/aromatic N) is 4. The van der Waals surface area contributed by atoms with E-state index in [-0.39, 0.29) is 11.6 Å². The van der Waals surface area contributed by atoms with Crippen LogP contribution in [0.4, 0.5) is 0 Å². The van der Waals surface area contributed by atoms with Crippen LogP contribution in [0.5, 0.6) is 0 Å². The van der Waals surface area contributed by atoms with Crippen molar-refractivity contribution in [2.24, 2.45) is 0 Å². The smallest absolute Gasteiger partial charge is 0.298 e. The first kappa shape index (κ1) is 15.9. The predicted octanol–water partition coefficient (Wildman–Crippen LogP) is 1.35. The molecule has 3 rings (SSSR count). The van der Waals surface area contributed by atoms with E-state index in [9.17, 15) is 9.59 Å². The van der Waals surface area contributed by atoms with Gasteiger partial charge >= 0.3 is 5.69 Å². The molecule has 0 amide bonds. The van der Waals surface area contributed by atoms with Gasteiger partial charge in [-0.3, -0.25) is 14.3 Å². The molecule has 0 spiro atoms. The molecular formula is C17H19N5O2. The fraction of sp³-hybridized carbons (Fsp3) is 0.294. The van der Waals surface area contributed by atoms with Crippen LogP contribution in [0.1, 0.15) is 36.7 Å². The topological polar surface area (TPSA) is 85.6 Å². The van der Waals surface area contributed by atoms with Gasteiger partial charge in [0.2, 0.25) is 0 Å². The van der Waals surface area contributed by atoms with Crippen LogP contribution in [0.25, 0.3) is 0 Å². The number of aromatic amines is 1. The van der Waals surface area contributed by atoms with Crippen LogP contribution in [0.3, 0.4) is 0 Å². The zero-order valence-electron chi connectivity index (χ0n) is 13.6. The van der Waals surface area contributed by atoms with Gasteiger partial charge in [0.1, 0.15) is 0 Å². The van der Waals surface area contributed by atoms with Gasteiger partial charge in [-0.25, -0.2) is 9.48 Å². The standard InChI is InChI=1S/C17H19N5O2/c1-12(2)22-10-14(16(23)18-17(22)24)8-15-11-21(20-19-15)9-13-6-4-3-5-7-13/h3-7,10-12H,8-9H2,1-2H3,(H,18,23,24). The van der Waals surface area contributed by atoms with Crippen molar-refractivity contribution in [1.82, 2.24) is 24.5 Å². The summed E-state index contributed by atoms with van der Waals surface area (Å²) in [7, 11) is 0. The Hall–Kier alpha value is -2.96. The molecule has 0 atom stereocenters. The summed E-state index contributed by atoms with van der Waals surface area (Å²) in [5.74, 6) is 0. The van der Waals surface area contributed by atoms with Crippen molar-refractivity contribution in [2.45, 2.75) is 32.9 Å². The van der Waals surface area contributed by atoms with Crippen molar-refractivity contribution in [2.75, 3.05) is 0 Å². The lowest BCUT2D eigenvalue weighted by atomic mass is 10.2. The van der Waals surface area contributed by atoms with Crippen LogP contribution in [0.2, 0.25) is 0 Å². The van der Waals surface area contributed by atoms with Gasteiger partial charge in [-0.2, -0.15) is 0 Å². The third kappa shape index (κ3) is 3.51. The first-order chi connectivity index (χ1) is 11.5. The third-order valence-electron chi connectivity index (χ3n) is 3.74. The van der Waals surface area contributed by atoms with Gasteiger partial charge in [-0.05, 0) is 19.4 Å². The maximum absolute atomic E-state index is 12.0. The second kappa shape index (κ2) is 6.66. The first-order valence-corrected chi connectivity index (χ1v) is 7.80. The average Bonchev–Trinajstić information content (AvgIpc) is 2.97. The van der Waals surface area contributed by atoms with Crippen LogP contribution in [0, 0.1) is 0 Å². The van der Waals surface area contributed by atoms with Crippen molar-refractivity contribution in [1.29, 1.82) is 0 Å². The summed E-state index contributed by atoms with van der Waals surface area (Å²) in [5, 5.41) is 8.22. The van der Waals surface area contributed by atoms with Crippen LogP contribution < -0.4 is 11.2 Å². The second-order valence-electron chi connectivity index (χ2n) is 5.98. The van der Waals surface area contributed by atoms with Crippen LogP contribution in [-0.4, -0.2) is 24.5 Å². The number of nitrogens with one attached hydrogen (secondary N) is 1. The van der Waals surface area contributed by atoms with Crippen molar-refractivity contribution < 1.29 is 0 Å². The number of hydrogen-bond acceptors (Lipinski definition) is 4. The minimum absolute atomic E-state index is 0.0261. The van der Waals surface area contributed by atoms with Crippen molar-refractivity contribution in [3.63, 3.8) is 0 Å². The molecule has 0 aliphatic heterocycles. The predicted molar refractivity (Wildman–Crippen MR) is 90.1 cm³/mol. The van der Waals surface area contributed by atoms with E-state index in [0.717, 1.165) is 5.56 Å². The Kier molecular flexibility index (Phi) is 4.41. The van der Waals surface area contributed by atoms with E-state index in [0.29, 0.717) is 24.2 Å². The lowest BCUT2D eigenvalue weighted by Crippen LogP contribution is -2.32. The molecule has 0 fully saturated rings. The monoisotopic (exact) mass is 325 g/mol. The van der Waals surface area contributed by atoms with Gasteiger partial charge < -0.3 is 0 Å². The SMILES string of the molecule is CC(C)n1cc(Cc2cn(Cc3ccccc3)nn2)c(=O)[nH]c1=O. The molecular weight excluding hydrogens is 306 g/mol. The highest BCUT2D eigenvalue weighted by Gasteiger charge is 2.10. The fourth-order valence-electron chi connectivity index (χ4n) is 2.50. The molecule has 7 nitrogen and oxygen atoms in total. The molecule has 2 heterocycles. The maximum atomic E-state index is 12.0. The Bertz CT molecular complexity index is 937. The van der Waals surface area contributed by atoms with Crippen molar-refractivity contribution >= 4 is 0 Å². The second-order valence-corrected chi connectivity index (χ2v) is 5.98. The lowest BCUT2D eigenvalue weighted by molar-refractivity contribution is 0.556. The number of H-pyrrole nitrogens is 1. The Labute approximate surface area is 138 Å².